The number of hydrogen-bond acceptors (Lipinski definition) is 2. The predicted molar refractivity (Wildman–Crippen MR) is 91.8 cm³/mol. The van der Waals surface area contributed by atoms with Crippen LogP contribution in [0.5, 0.6) is 0 Å². The van der Waals surface area contributed by atoms with Gasteiger partial charge < -0.3 is 34.7 Å². The maximum atomic E-state index is 8.34. The molecule has 2 aliphatic rings. The maximum absolute atomic E-state index is 8.34. The van der Waals surface area contributed by atoms with Gasteiger partial charge in [0.05, 0.1) is 6.61 Å². The van der Waals surface area contributed by atoms with Crippen LogP contribution in [0.25, 0.3) is 11.1 Å². The Labute approximate surface area is 187 Å². The van der Waals surface area contributed by atoms with Crippen LogP contribution in [-0.2, 0) is 30.9 Å². The SMILES string of the molecule is CC1c2[c-]cccc2-c2ccccc21.OCCOC1=[C-]CC=C1.[Cl-].[Cl-].[Zr+4]. The molecule has 0 amide bonds. The number of benzene rings is 2. The molecule has 2 aromatic rings. The van der Waals surface area contributed by atoms with Gasteiger partial charge in [-0.2, -0.15) is 36.4 Å². The molecule has 0 spiro atoms. The summed E-state index contributed by atoms with van der Waals surface area (Å²) >= 11 is 0. The first kappa shape index (κ1) is 25.1. The summed E-state index contributed by atoms with van der Waals surface area (Å²) in [5, 5.41) is 8.34. The van der Waals surface area contributed by atoms with Gasteiger partial charge in [0.2, 0.25) is 0 Å². The van der Waals surface area contributed by atoms with E-state index < -0.39 is 0 Å². The molecule has 0 aliphatic heterocycles. The first-order valence-corrected chi connectivity index (χ1v) is 7.92. The van der Waals surface area contributed by atoms with Gasteiger partial charge in [-0.05, 0) is 11.5 Å². The molecule has 2 aromatic carbocycles. The third kappa shape index (κ3) is 5.82. The van der Waals surface area contributed by atoms with Gasteiger partial charge in [-0.15, -0.1) is 17.5 Å². The second-order valence-electron chi connectivity index (χ2n) is 5.53. The fraction of sp³-hybridized carbons (Fsp3) is 0.238. The molecule has 0 radical (unpaired) electrons. The molecule has 0 aromatic heterocycles. The van der Waals surface area contributed by atoms with Crippen molar-refractivity contribution < 1.29 is 60.9 Å². The van der Waals surface area contributed by atoms with Gasteiger partial charge in [0, 0.05) is 0 Å². The molecule has 2 nitrogen and oxygen atoms in total. The molecule has 5 heteroatoms. The van der Waals surface area contributed by atoms with Crippen molar-refractivity contribution in [1.29, 1.82) is 0 Å². The average Bonchev–Trinajstić information content (AvgIpc) is 3.22. The number of aliphatic hydroxyl groups excluding tert-OH is 1. The molecule has 1 unspecified atom stereocenters. The third-order valence-corrected chi connectivity index (χ3v) is 4.05. The van der Waals surface area contributed by atoms with Gasteiger partial charge in [0.15, 0.2) is 0 Å². The van der Waals surface area contributed by atoms with Crippen LogP contribution in [-0.4, -0.2) is 18.3 Å². The summed E-state index contributed by atoms with van der Waals surface area (Å²) in [4.78, 5) is 0. The van der Waals surface area contributed by atoms with Crippen LogP contribution in [0.1, 0.15) is 30.4 Å². The Morgan fingerprint density at radius 3 is 2.54 bits per heavy atom. The summed E-state index contributed by atoms with van der Waals surface area (Å²) in [6.45, 7) is 2.69. The van der Waals surface area contributed by atoms with Gasteiger partial charge in [0.1, 0.15) is 6.61 Å². The van der Waals surface area contributed by atoms with E-state index in [0.717, 1.165) is 12.2 Å². The summed E-state index contributed by atoms with van der Waals surface area (Å²) in [5.41, 5.74) is 5.51. The van der Waals surface area contributed by atoms with E-state index in [-0.39, 0.29) is 57.6 Å². The number of fused-ring (bicyclic) bond motifs is 3. The van der Waals surface area contributed by atoms with Crippen molar-refractivity contribution in [3.63, 3.8) is 0 Å². The smallest absolute Gasteiger partial charge is 1.00 e. The van der Waals surface area contributed by atoms with Crippen molar-refractivity contribution in [2.75, 3.05) is 13.2 Å². The molecule has 0 fully saturated rings. The van der Waals surface area contributed by atoms with Crippen LogP contribution in [0, 0.1) is 12.1 Å². The first-order chi connectivity index (χ1) is 11.3. The second kappa shape index (κ2) is 12.5. The zero-order chi connectivity index (χ0) is 16.1. The number of rotatable bonds is 3. The predicted octanol–water partition coefficient (Wildman–Crippen LogP) is -1.73. The molecular formula is C21H20Cl2O2Zr. The summed E-state index contributed by atoms with van der Waals surface area (Å²) < 4.78 is 5.02. The van der Waals surface area contributed by atoms with E-state index in [1.54, 1.807) is 0 Å². The fourth-order valence-electron chi connectivity index (χ4n) is 2.96. The van der Waals surface area contributed by atoms with Crippen molar-refractivity contribution in [3.8, 4) is 11.1 Å². The van der Waals surface area contributed by atoms with Gasteiger partial charge in [-0.3, -0.25) is 0 Å². The van der Waals surface area contributed by atoms with Crippen molar-refractivity contribution in [3.05, 3.63) is 83.6 Å². The standard InChI is InChI=1S/C14H11.C7H9O2.2ClH.Zr/c1-10-11-6-2-4-8-13(11)14-9-5-3-7-12(10)14;8-5-6-9-7-3-1-2-4-7;;;/h2-6,8-10H,1H3;1,3,8H,2,5-6H2;2*1H;/q2*-1;;;+4/p-2. The number of ether oxygens (including phenoxy) is 1. The van der Waals surface area contributed by atoms with E-state index in [0.29, 0.717) is 12.5 Å². The van der Waals surface area contributed by atoms with Crippen molar-refractivity contribution in [2.24, 2.45) is 0 Å². The monoisotopic (exact) mass is 464 g/mol. The Bertz CT molecular complexity index is 699. The maximum Gasteiger partial charge on any atom is 4.00 e. The normalized spacial score (nSPS) is 15.0. The van der Waals surface area contributed by atoms with E-state index in [1.165, 1.54) is 22.3 Å². The summed E-state index contributed by atoms with van der Waals surface area (Å²) in [7, 11) is 0. The van der Waals surface area contributed by atoms with E-state index in [2.05, 4.69) is 55.5 Å². The molecule has 0 bridgehead atoms. The van der Waals surface area contributed by atoms with Crippen molar-refractivity contribution in [1.82, 2.24) is 0 Å². The van der Waals surface area contributed by atoms with Gasteiger partial charge >= 0.3 is 26.2 Å². The second-order valence-corrected chi connectivity index (χ2v) is 5.53. The Morgan fingerprint density at radius 1 is 1.12 bits per heavy atom. The van der Waals surface area contributed by atoms with Gasteiger partial charge in [-0.1, -0.05) is 42.5 Å². The molecule has 2 aliphatic carbocycles. The Hall–Kier alpha value is -0.857. The minimum absolute atomic E-state index is 0. The summed E-state index contributed by atoms with van der Waals surface area (Å²) in [5.74, 6) is 1.26. The van der Waals surface area contributed by atoms with Crippen LogP contribution >= 0.6 is 0 Å². The Balaban J connectivity index is 0.000000466. The van der Waals surface area contributed by atoms with Crippen LogP contribution in [0.2, 0.25) is 0 Å². The third-order valence-electron chi connectivity index (χ3n) is 4.05. The number of halogens is 2. The van der Waals surface area contributed by atoms with E-state index in [4.69, 9.17) is 9.84 Å². The minimum Gasteiger partial charge on any atom is -1.00 e. The Kier molecular flexibility index (Phi) is 12.1. The molecule has 26 heavy (non-hydrogen) atoms. The van der Waals surface area contributed by atoms with E-state index in [9.17, 15) is 0 Å². The van der Waals surface area contributed by atoms with E-state index in [1.807, 2.05) is 18.2 Å². The zero-order valence-corrected chi connectivity index (χ0v) is 18.5. The topological polar surface area (TPSA) is 29.5 Å². The number of hydrogen-bond donors (Lipinski definition) is 1. The van der Waals surface area contributed by atoms with Gasteiger partial charge in [-0.25, -0.2) is 6.08 Å². The molecule has 0 saturated carbocycles. The van der Waals surface area contributed by atoms with Gasteiger partial charge in [0.25, 0.3) is 0 Å². The number of allylic oxidation sites excluding steroid dienone is 3. The molecule has 0 saturated heterocycles. The fourth-order valence-corrected chi connectivity index (χ4v) is 2.96. The number of aliphatic hydroxyl groups is 1. The van der Waals surface area contributed by atoms with E-state index >= 15 is 0 Å². The van der Waals surface area contributed by atoms with Crippen LogP contribution < -0.4 is 24.8 Å². The van der Waals surface area contributed by atoms with Crippen molar-refractivity contribution in [2.45, 2.75) is 19.3 Å². The summed E-state index contributed by atoms with van der Waals surface area (Å²) in [6.07, 6.45) is 7.62. The molecule has 0 heterocycles. The van der Waals surface area contributed by atoms with Crippen LogP contribution in [0.4, 0.5) is 0 Å². The first-order valence-electron chi connectivity index (χ1n) is 7.92. The molecule has 1 atom stereocenters. The molecule has 134 valence electrons. The van der Waals surface area contributed by atoms with Crippen molar-refractivity contribution >= 4 is 0 Å². The quantitative estimate of drug-likeness (QED) is 0.545. The van der Waals surface area contributed by atoms with Crippen LogP contribution in [0.15, 0.2) is 60.4 Å². The average molecular weight is 467 g/mol. The molecule has 1 N–H and O–H groups in total. The van der Waals surface area contributed by atoms with Crippen LogP contribution in [0.3, 0.4) is 0 Å². The zero-order valence-electron chi connectivity index (χ0n) is 14.5. The minimum atomic E-state index is 0. The summed E-state index contributed by atoms with van der Waals surface area (Å²) in [6, 6.07) is 18.2. The molecule has 4 rings (SSSR count). The largest absolute Gasteiger partial charge is 4.00 e. The Morgan fingerprint density at radius 2 is 1.85 bits per heavy atom. The molecular weight excluding hydrogens is 446 g/mol.